The summed E-state index contributed by atoms with van der Waals surface area (Å²) in [6.07, 6.45) is 3.58. The van der Waals surface area contributed by atoms with Crippen molar-refractivity contribution in [2.45, 2.75) is 26.5 Å². The van der Waals surface area contributed by atoms with Gasteiger partial charge in [-0.15, -0.1) is 0 Å². The molecule has 0 amide bonds. The highest BCUT2D eigenvalue weighted by Crippen LogP contribution is 2.32. The number of hydrogen-bond acceptors (Lipinski definition) is 5. The van der Waals surface area contributed by atoms with Crippen molar-refractivity contribution in [2.75, 3.05) is 12.4 Å². The molecular weight excluding hydrogens is 374 g/mol. The lowest BCUT2D eigenvalue weighted by Gasteiger charge is -2.19. The van der Waals surface area contributed by atoms with Crippen LogP contribution >= 0.6 is 0 Å². The second-order valence-corrected chi connectivity index (χ2v) is 7.25. The van der Waals surface area contributed by atoms with Gasteiger partial charge in [0.2, 0.25) is 0 Å². The van der Waals surface area contributed by atoms with Crippen LogP contribution in [-0.4, -0.2) is 17.1 Å². The largest absolute Gasteiger partial charge is 0.494 e. The fourth-order valence-corrected chi connectivity index (χ4v) is 3.45. The van der Waals surface area contributed by atoms with E-state index in [1.54, 1.807) is 13.3 Å². The van der Waals surface area contributed by atoms with Crippen molar-refractivity contribution < 1.29 is 9.47 Å². The van der Waals surface area contributed by atoms with Crippen LogP contribution in [-0.2, 0) is 6.61 Å². The fraction of sp³-hybridized carbons (Fsp3) is 0.200. The number of pyridine rings is 2. The standard InChI is InChI=1S/C25H25N3O2/c1-17-14-23(22-7-4-8-24(29-3)25(22)27-17)28-18(2)20-9-11-21(12-10-20)30-16-19-6-5-13-26-15-19/h4-15,18H,16H2,1-3H3,(H,27,28). The maximum absolute atomic E-state index is 5.86. The van der Waals surface area contributed by atoms with Gasteiger partial charge >= 0.3 is 0 Å². The van der Waals surface area contributed by atoms with E-state index in [2.05, 4.69) is 46.5 Å². The van der Waals surface area contributed by atoms with Crippen LogP contribution in [0.25, 0.3) is 10.9 Å². The summed E-state index contributed by atoms with van der Waals surface area (Å²) in [6, 6.07) is 20.3. The molecule has 5 nitrogen and oxygen atoms in total. The summed E-state index contributed by atoms with van der Waals surface area (Å²) in [5.74, 6) is 1.62. The zero-order valence-corrected chi connectivity index (χ0v) is 17.4. The zero-order chi connectivity index (χ0) is 20.9. The van der Waals surface area contributed by atoms with Crippen molar-refractivity contribution in [3.05, 3.63) is 89.9 Å². The highest BCUT2D eigenvalue weighted by Gasteiger charge is 2.12. The van der Waals surface area contributed by atoms with Crippen molar-refractivity contribution >= 4 is 16.6 Å². The average Bonchev–Trinajstić information content (AvgIpc) is 2.78. The number of aromatic nitrogens is 2. The normalized spacial score (nSPS) is 11.8. The molecule has 0 fully saturated rings. The number of benzene rings is 2. The number of fused-ring (bicyclic) bond motifs is 1. The molecule has 1 N–H and O–H groups in total. The predicted molar refractivity (Wildman–Crippen MR) is 120 cm³/mol. The quantitative estimate of drug-likeness (QED) is 0.432. The molecule has 4 aromatic rings. The number of anilines is 1. The number of hydrogen-bond donors (Lipinski definition) is 1. The minimum atomic E-state index is 0.119. The van der Waals surface area contributed by atoms with Crippen molar-refractivity contribution in [1.82, 2.24) is 9.97 Å². The highest BCUT2D eigenvalue weighted by molar-refractivity contribution is 5.95. The molecule has 4 rings (SSSR count). The molecule has 30 heavy (non-hydrogen) atoms. The Labute approximate surface area is 176 Å². The molecule has 0 saturated heterocycles. The number of nitrogens with one attached hydrogen (secondary N) is 1. The van der Waals surface area contributed by atoms with E-state index in [1.807, 2.05) is 49.5 Å². The topological polar surface area (TPSA) is 56.3 Å². The molecule has 1 atom stereocenters. The number of nitrogens with zero attached hydrogens (tertiary/aromatic N) is 2. The van der Waals surface area contributed by atoms with Crippen LogP contribution in [0, 0.1) is 6.92 Å². The van der Waals surface area contributed by atoms with E-state index in [0.29, 0.717) is 6.61 Å². The highest BCUT2D eigenvalue weighted by atomic mass is 16.5. The van der Waals surface area contributed by atoms with Gasteiger partial charge in [0.15, 0.2) is 0 Å². The third-order valence-corrected chi connectivity index (χ3v) is 5.03. The molecule has 1 unspecified atom stereocenters. The third kappa shape index (κ3) is 4.35. The van der Waals surface area contributed by atoms with Crippen molar-refractivity contribution in [3.8, 4) is 11.5 Å². The molecular formula is C25H25N3O2. The summed E-state index contributed by atoms with van der Waals surface area (Å²) < 4.78 is 11.3. The lowest BCUT2D eigenvalue weighted by molar-refractivity contribution is 0.305. The summed E-state index contributed by atoms with van der Waals surface area (Å²) >= 11 is 0. The maximum atomic E-state index is 5.86. The van der Waals surface area contributed by atoms with E-state index in [1.165, 1.54) is 5.56 Å². The molecule has 0 aliphatic heterocycles. The maximum Gasteiger partial charge on any atom is 0.145 e. The van der Waals surface area contributed by atoms with Crippen LogP contribution < -0.4 is 14.8 Å². The molecule has 0 radical (unpaired) electrons. The zero-order valence-electron chi connectivity index (χ0n) is 17.4. The monoisotopic (exact) mass is 399 g/mol. The van der Waals surface area contributed by atoms with Crippen LogP contribution in [0.2, 0.25) is 0 Å². The minimum absolute atomic E-state index is 0.119. The lowest BCUT2D eigenvalue weighted by Crippen LogP contribution is -2.08. The molecule has 152 valence electrons. The smallest absolute Gasteiger partial charge is 0.145 e. The fourth-order valence-electron chi connectivity index (χ4n) is 3.45. The molecule has 2 heterocycles. The van der Waals surface area contributed by atoms with Gasteiger partial charge in [0, 0.05) is 40.8 Å². The SMILES string of the molecule is COc1cccc2c(NC(C)c3ccc(OCc4cccnc4)cc3)cc(C)nc12. The number of para-hydroxylation sites is 1. The Kier molecular flexibility index (Phi) is 5.80. The van der Waals surface area contributed by atoms with Gasteiger partial charge in [-0.2, -0.15) is 0 Å². The summed E-state index contributed by atoms with van der Waals surface area (Å²) in [4.78, 5) is 8.77. The summed E-state index contributed by atoms with van der Waals surface area (Å²) in [5, 5.41) is 4.67. The van der Waals surface area contributed by atoms with Crippen molar-refractivity contribution in [1.29, 1.82) is 0 Å². The Morgan fingerprint density at radius 3 is 2.60 bits per heavy atom. The van der Waals surface area contributed by atoms with Gasteiger partial charge in [-0.05, 0) is 49.7 Å². The van der Waals surface area contributed by atoms with Gasteiger partial charge in [0.05, 0.1) is 7.11 Å². The molecule has 0 aliphatic carbocycles. The molecule has 5 heteroatoms. The first-order chi connectivity index (χ1) is 14.6. The van der Waals surface area contributed by atoms with Gasteiger partial charge in [0.1, 0.15) is 23.6 Å². The van der Waals surface area contributed by atoms with Gasteiger partial charge in [-0.25, -0.2) is 4.98 Å². The van der Waals surface area contributed by atoms with E-state index in [-0.39, 0.29) is 6.04 Å². The van der Waals surface area contributed by atoms with Gasteiger partial charge in [-0.3, -0.25) is 4.98 Å². The molecule has 0 aliphatic rings. The van der Waals surface area contributed by atoms with E-state index in [0.717, 1.165) is 39.3 Å². The Bertz CT molecular complexity index is 1130. The Morgan fingerprint density at radius 1 is 1.03 bits per heavy atom. The molecule has 2 aromatic carbocycles. The first kappa shape index (κ1) is 19.7. The van der Waals surface area contributed by atoms with E-state index < -0.39 is 0 Å². The first-order valence-corrected chi connectivity index (χ1v) is 9.96. The second-order valence-electron chi connectivity index (χ2n) is 7.25. The van der Waals surface area contributed by atoms with Crippen molar-refractivity contribution in [3.63, 3.8) is 0 Å². The number of methoxy groups -OCH3 is 1. The second kappa shape index (κ2) is 8.82. The van der Waals surface area contributed by atoms with Crippen LogP contribution in [0.4, 0.5) is 5.69 Å². The van der Waals surface area contributed by atoms with Gasteiger partial charge in [-0.1, -0.05) is 30.3 Å². The average molecular weight is 399 g/mol. The predicted octanol–water partition coefficient (Wildman–Crippen LogP) is 5.70. The summed E-state index contributed by atoms with van der Waals surface area (Å²) in [6.45, 7) is 4.65. The molecule has 2 aromatic heterocycles. The number of ether oxygens (including phenoxy) is 2. The first-order valence-electron chi connectivity index (χ1n) is 9.96. The Hall–Kier alpha value is -3.60. The summed E-state index contributed by atoms with van der Waals surface area (Å²) in [5.41, 5.74) is 5.08. The third-order valence-electron chi connectivity index (χ3n) is 5.03. The van der Waals surface area contributed by atoms with Crippen LogP contribution in [0.1, 0.15) is 29.8 Å². The van der Waals surface area contributed by atoms with Gasteiger partial charge in [0.25, 0.3) is 0 Å². The lowest BCUT2D eigenvalue weighted by atomic mass is 10.1. The van der Waals surface area contributed by atoms with E-state index in [4.69, 9.17) is 9.47 Å². The molecule has 0 bridgehead atoms. The number of rotatable bonds is 7. The van der Waals surface area contributed by atoms with Crippen LogP contribution in [0.15, 0.2) is 73.1 Å². The molecule has 0 saturated carbocycles. The Morgan fingerprint density at radius 2 is 1.87 bits per heavy atom. The molecule has 0 spiro atoms. The van der Waals surface area contributed by atoms with E-state index >= 15 is 0 Å². The van der Waals surface area contributed by atoms with Crippen LogP contribution in [0.3, 0.4) is 0 Å². The Balaban J connectivity index is 1.49. The summed E-state index contributed by atoms with van der Waals surface area (Å²) in [7, 11) is 1.67. The van der Waals surface area contributed by atoms with E-state index in [9.17, 15) is 0 Å². The minimum Gasteiger partial charge on any atom is -0.494 e. The van der Waals surface area contributed by atoms with Crippen molar-refractivity contribution in [2.24, 2.45) is 0 Å². The number of aryl methyl sites for hydroxylation is 1. The van der Waals surface area contributed by atoms with Gasteiger partial charge < -0.3 is 14.8 Å². The van der Waals surface area contributed by atoms with Crippen LogP contribution in [0.5, 0.6) is 11.5 Å².